The van der Waals surface area contributed by atoms with Gasteiger partial charge >= 0.3 is 0 Å². The van der Waals surface area contributed by atoms with E-state index in [-0.39, 0.29) is 5.91 Å². The van der Waals surface area contributed by atoms with E-state index in [1.807, 2.05) is 0 Å². The molecule has 0 aromatic carbocycles. The van der Waals surface area contributed by atoms with Crippen LogP contribution < -0.4 is 10.5 Å². The Bertz CT molecular complexity index is 610. The molecule has 0 unspecified atom stereocenters. The molecule has 0 aliphatic carbocycles. The second-order valence-corrected chi connectivity index (χ2v) is 7.07. The highest BCUT2D eigenvalue weighted by Crippen LogP contribution is 2.48. The molecule has 3 N–H and O–H groups in total. The zero-order valence-corrected chi connectivity index (χ0v) is 12.8. The van der Waals surface area contributed by atoms with E-state index in [2.05, 4.69) is 0 Å². The topological polar surface area (TPSA) is 92.9 Å². The van der Waals surface area contributed by atoms with Crippen molar-refractivity contribution in [3.8, 4) is 5.75 Å². The number of ether oxygens (including phenoxy) is 1. The third kappa shape index (κ3) is 2.20. The van der Waals surface area contributed by atoms with Crippen molar-refractivity contribution in [3.05, 3.63) is 15.8 Å². The van der Waals surface area contributed by atoms with Crippen LogP contribution in [0.4, 0.5) is 0 Å². The molecular formula is C14H18N2O4S. The Balaban J connectivity index is 2.09. The van der Waals surface area contributed by atoms with E-state index in [1.54, 1.807) is 24.8 Å². The number of hydrogen-bond donors (Lipinski definition) is 2. The third-order valence-electron chi connectivity index (χ3n) is 4.07. The van der Waals surface area contributed by atoms with Crippen molar-refractivity contribution in [3.63, 3.8) is 0 Å². The highest BCUT2D eigenvalue weighted by atomic mass is 32.1. The van der Waals surface area contributed by atoms with E-state index in [9.17, 15) is 14.7 Å². The number of aliphatic hydroxyl groups excluding tert-OH is 1. The summed E-state index contributed by atoms with van der Waals surface area (Å²) in [5.41, 5.74) is 4.49. The van der Waals surface area contributed by atoms with Gasteiger partial charge in [0.25, 0.3) is 5.91 Å². The van der Waals surface area contributed by atoms with Crippen LogP contribution in [0, 0.1) is 0 Å². The fraction of sp³-hybridized carbons (Fsp3) is 0.571. The maximum absolute atomic E-state index is 12.1. The zero-order chi connectivity index (χ0) is 15.4. The summed E-state index contributed by atoms with van der Waals surface area (Å²) < 4.78 is 5.80. The molecule has 2 atom stereocenters. The molecule has 2 aliphatic rings. The average Bonchev–Trinajstić information content (AvgIpc) is 2.97. The number of aliphatic hydroxyl groups is 1. The molecule has 3 heterocycles. The van der Waals surface area contributed by atoms with Gasteiger partial charge in [-0.2, -0.15) is 0 Å². The monoisotopic (exact) mass is 310 g/mol. The Morgan fingerprint density at radius 1 is 1.57 bits per heavy atom. The van der Waals surface area contributed by atoms with Crippen LogP contribution in [0.25, 0.3) is 0 Å². The Kier molecular flexibility index (Phi) is 3.22. The summed E-state index contributed by atoms with van der Waals surface area (Å²) in [4.78, 5) is 26.2. The second-order valence-electron chi connectivity index (χ2n) is 5.99. The second kappa shape index (κ2) is 4.71. The molecule has 2 aliphatic heterocycles. The summed E-state index contributed by atoms with van der Waals surface area (Å²) in [6.45, 7) is 4.16. The molecule has 0 bridgehead atoms. The van der Waals surface area contributed by atoms with Crippen LogP contribution in [0.15, 0.2) is 6.07 Å². The lowest BCUT2D eigenvalue weighted by Gasteiger charge is -2.43. The first-order chi connectivity index (χ1) is 9.81. The highest BCUT2D eigenvalue weighted by molar-refractivity contribution is 7.14. The van der Waals surface area contributed by atoms with E-state index >= 15 is 0 Å². The predicted octanol–water partition coefficient (Wildman–Crippen LogP) is 1.04. The van der Waals surface area contributed by atoms with Crippen LogP contribution in [0.5, 0.6) is 5.75 Å². The van der Waals surface area contributed by atoms with Crippen LogP contribution >= 0.6 is 11.3 Å². The lowest BCUT2D eigenvalue weighted by atomic mass is 9.90. The number of primary amides is 1. The van der Waals surface area contributed by atoms with E-state index in [0.29, 0.717) is 28.5 Å². The van der Waals surface area contributed by atoms with Gasteiger partial charge in [0.1, 0.15) is 17.5 Å². The molecule has 3 rings (SSSR count). The van der Waals surface area contributed by atoms with Crippen molar-refractivity contribution in [2.75, 3.05) is 6.54 Å². The molecular weight excluding hydrogens is 292 g/mol. The smallest absolute Gasteiger partial charge is 0.258 e. The Morgan fingerprint density at radius 2 is 2.29 bits per heavy atom. The van der Waals surface area contributed by atoms with Gasteiger partial charge in [0, 0.05) is 19.0 Å². The molecule has 0 radical (unpaired) electrons. The molecule has 1 aromatic heterocycles. The predicted molar refractivity (Wildman–Crippen MR) is 77.2 cm³/mol. The summed E-state index contributed by atoms with van der Waals surface area (Å²) in [6.07, 6.45) is 0.423. The first-order valence-corrected chi connectivity index (χ1v) is 7.73. The van der Waals surface area contributed by atoms with Gasteiger partial charge in [-0.1, -0.05) is 0 Å². The summed E-state index contributed by atoms with van der Waals surface area (Å²) in [7, 11) is 0. The zero-order valence-electron chi connectivity index (χ0n) is 12.0. The summed E-state index contributed by atoms with van der Waals surface area (Å²) in [6, 6.07) is 1.13. The Morgan fingerprint density at radius 3 is 2.86 bits per heavy atom. The van der Waals surface area contributed by atoms with Gasteiger partial charge in [-0.05, 0) is 20.3 Å². The van der Waals surface area contributed by atoms with E-state index in [0.717, 1.165) is 6.42 Å². The standard InChI is InChI=1S/C14H18N2O4S/c1-14(2)12(18)10(16-5-3-4-9(16)17)11-7(20-14)6-8(21-11)13(15)19/h6,10,12,18H,3-5H2,1-2H3,(H2,15,19)/t10-,12+/m1/s1. The Labute approximate surface area is 126 Å². The minimum atomic E-state index is -0.855. The van der Waals surface area contributed by atoms with Crippen LogP contribution in [0.1, 0.15) is 47.3 Å². The van der Waals surface area contributed by atoms with Crippen molar-refractivity contribution >= 4 is 23.2 Å². The van der Waals surface area contributed by atoms with Crippen LogP contribution in [0.3, 0.4) is 0 Å². The number of hydrogen-bond acceptors (Lipinski definition) is 5. The highest BCUT2D eigenvalue weighted by Gasteiger charge is 2.48. The Hall–Kier alpha value is -1.60. The number of nitrogens with two attached hydrogens (primary N) is 1. The lowest BCUT2D eigenvalue weighted by Crippen LogP contribution is -2.53. The third-order valence-corrected chi connectivity index (χ3v) is 5.27. The number of amides is 2. The normalized spacial score (nSPS) is 27.4. The quantitative estimate of drug-likeness (QED) is 0.853. The number of thiophene rings is 1. The van der Waals surface area contributed by atoms with Gasteiger partial charge in [0.15, 0.2) is 0 Å². The maximum Gasteiger partial charge on any atom is 0.258 e. The van der Waals surface area contributed by atoms with Crippen molar-refractivity contribution in [2.45, 2.75) is 44.4 Å². The molecule has 0 saturated carbocycles. The fourth-order valence-electron chi connectivity index (χ4n) is 2.94. The summed E-state index contributed by atoms with van der Waals surface area (Å²) >= 11 is 1.19. The van der Waals surface area contributed by atoms with E-state index in [1.165, 1.54) is 11.3 Å². The van der Waals surface area contributed by atoms with Crippen LogP contribution in [0.2, 0.25) is 0 Å². The van der Waals surface area contributed by atoms with E-state index < -0.39 is 23.7 Å². The molecule has 2 amide bonds. The van der Waals surface area contributed by atoms with E-state index in [4.69, 9.17) is 10.5 Å². The van der Waals surface area contributed by atoms with Gasteiger partial charge < -0.3 is 20.5 Å². The minimum absolute atomic E-state index is 0.0247. The average molecular weight is 310 g/mol. The molecule has 0 spiro atoms. The largest absolute Gasteiger partial charge is 0.484 e. The van der Waals surface area contributed by atoms with Gasteiger partial charge in [-0.15, -0.1) is 11.3 Å². The molecule has 6 nitrogen and oxygen atoms in total. The lowest BCUT2D eigenvalue weighted by molar-refractivity contribution is -0.139. The van der Waals surface area contributed by atoms with Crippen molar-refractivity contribution in [2.24, 2.45) is 5.73 Å². The van der Waals surface area contributed by atoms with Gasteiger partial charge in [-0.3, -0.25) is 9.59 Å². The molecule has 1 aromatic rings. The number of rotatable bonds is 2. The van der Waals surface area contributed by atoms with Crippen molar-refractivity contribution < 1.29 is 19.4 Å². The first-order valence-electron chi connectivity index (χ1n) is 6.91. The first kappa shape index (κ1) is 14.3. The SMILES string of the molecule is CC1(C)Oc2cc(C(N)=O)sc2[C@@H](N2CCCC2=O)[C@@H]1O. The molecule has 1 saturated heterocycles. The fourth-order valence-corrected chi connectivity index (χ4v) is 4.02. The number of fused-ring (bicyclic) bond motifs is 1. The van der Waals surface area contributed by atoms with Crippen LogP contribution in [-0.2, 0) is 4.79 Å². The molecule has 1 fully saturated rings. The maximum atomic E-state index is 12.1. The van der Waals surface area contributed by atoms with Gasteiger partial charge in [0.2, 0.25) is 5.91 Å². The van der Waals surface area contributed by atoms with Gasteiger partial charge in [0.05, 0.1) is 15.8 Å². The number of nitrogens with zero attached hydrogens (tertiary/aromatic N) is 1. The van der Waals surface area contributed by atoms with Crippen LogP contribution in [-0.4, -0.2) is 40.1 Å². The number of likely N-dealkylation sites (tertiary alicyclic amines) is 1. The number of carbonyl (C=O) groups is 2. The molecule has 7 heteroatoms. The van der Waals surface area contributed by atoms with Crippen molar-refractivity contribution in [1.29, 1.82) is 0 Å². The summed E-state index contributed by atoms with van der Waals surface area (Å²) in [5.74, 6) is 0.0299. The minimum Gasteiger partial charge on any atom is -0.484 e. The summed E-state index contributed by atoms with van der Waals surface area (Å²) in [5, 5.41) is 10.6. The molecule has 21 heavy (non-hydrogen) atoms. The van der Waals surface area contributed by atoms with Crippen molar-refractivity contribution in [1.82, 2.24) is 4.90 Å². The van der Waals surface area contributed by atoms with Gasteiger partial charge in [-0.25, -0.2) is 0 Å². The number of carbonyl (C=O) groups excluding carboxylic acids is 2. The molecule has 114 valence electrons.